The van der Waals surface area contributed by atoms with Gasteiger partial charge in [0.15, 0.2) is 11.6 Å². The van der Waals surface area contributed by atoms with Gasteiger partial charge in [-0.05, 0) is 27.3 Å². The van der Waals surface area contributed by atoms with Crippen molar-refractivity contribution in [2.75, 3.05) is 37.3 Å². The lowest BCUT2D eigenvalue weighted by Crippen LogP contribution is -2.51. The molecule has 0 radical (unpaired) electrons. The van der Waals surface area contributed by atoms with Gasteiger partial charge in [0.25, 0.3) is 0 Å². The van der Waals surface area contributed by atoms with Gasteiger partial charge in [-0.3, -0.25) is 4.90 Å². The summed E-state index contributed by atoms with van der Waals surface area (Å²) < 4.78 is 19.5. The van der Waals surface area contributed by atoms with Crippen molar-refractivity contribution >= 4 is 11.4 Å². The minimum absolute atomic E-state index is 0.0631. The van der Waals surface area contributed by atoms with E-state index in [-0.39, 0.29) is 11.9 Å². The van der Waals surface area contributed by atoms with Crippen LogP contribution in [0.15, 0.2) is 12.1 Å². The van der Waals surface area contributed by atoms with Crippen LogP contribution >= 0.6 is 0 Å². The molecule has 1 aromatic rings. The third kappa shape index (κ3) is 3.59. The number of hydrogen-bond donors (Lipinski definition) is 1. The molecule has 1 fully saturated rings. The Hall–Kier alpha value is -1.49. The third-order valence-corrected chi connectivity index (χ3v) is 4.03. The van der Waals surface area contributed by atoms with Crippen LogP contribution in [-0.2, 0) is 0 Å². The number of anilines is 2. The van der Waals surface area contributed by atoms with Crippen molar-refractivity contribution in [1.29, 1.82) is 0 Å². The molecule has 1 aliphatic rings. The minimum atomic E-state index is -0.397. The van der Waals surface area contributed by atoms with Crippen LogP contribution < -0.4 is 15.4 Å². The van der Waals surface area contributed by atoms with Crippen molar-refractivity contribution in [3.05, 3.63) is 17.9 Å². The second kappa shape index (κ2) is 6.52. The first-order chi connectivity index (χ1) is 9.92. The van der Waals surface area contributed by atoms with Crippen molar-refractivity contribution in [2.24, 2.45) is 0 Å². The zero-order valence-corrected chi connectivity index (χ0v) is 13.4. The van der Waals surface area contributed by atoms with Gasteiger partial charge in [-0.1, -0.05) is 6.92 Å². The van der Waals surface area contributed by atoms with E-state index >= 15 is 0 Å². The van der Waals surface area contributed by atoms with Crippen LogP contribution in [0, 0.1) is 5.82 Å². The summed E-state index contributed by atoms with van der Waals surface area (Å²) >= 11 is 0. The normalized spacial score (nSPS) is 20.1. The molecule has 1 saturated heterocycles. The van der Waals surface area contributed by atoms with E-state index < -0.39 is 5.82 Å². The maximum atomic E-state index is 13.9. The van der Waals surface area contributed by atoms with E-state index in [1.165, 1.54) is 6.07 Å². The third-order valence-electron chi connectivity index (χ3n) is 4.03. The molecule has 2 rings (SSSR count). The van der Waals surface area contributed by atoms with Gasteiger partial charge in [-0.2, -0.15) is 0 Å². The summed E-state index contributed by atoms with van der Waals surface area (Å²) in [6.07, 6.45) is 1.02. The fraction of sp³-hybridized carbons (Fsp3) is 0.625. The van der Waals surface area contributed by atoms with Gasteiger partial charge in [-0.25, -0.2) is 4.39 Å². The molecule has 5 heteroatoms. The highest BCUT2D eigenvalue weighted by Crippen LogP contribution is 2.33. The average molecular weight is 295 g/mol. The molecule has 1 unspecified atom stereocenters. The summed E-state index contributed by atoms with van der Waals surface area (Å²) in [7, 11) is 2.15. The number of benzene rings is 1. The number of nitrogen functional groups attached to an aromatic ring is 1. The predicted molar refractivity (Wildman–Crippen MR) is 85.5 cm³/mol. The molecule has 118 valence electrons. The lowest BCUT2D eigenvalue weighted by molar-refractivity contribution is 0.213. The molecular formula is C16H26FN3O. The van der Waals surface area contributed by atoms with Crippen molar-refractivity contribution in [3.8, 4) is 5.75 Å². The molecule has 1 atom stereocenters. The van der Waals surface area contributed by atoms with Crippen LogP contribution in [0.4, 0.5) is 15.8 Å². The highest BCUT2D eigenvalue weighted by molar-refractivity contribution is 5.70. The molecule has 0 saturated carbocycles. The van der Waals surface area contributed by atoms with Gasteiger partial charge in [0.05, 0.1) is 17.5 Å². The van der Waals surface area contributed by atoms with Gasteiger partial charge < -0.3 is 15.4 Å². The summed E-state index contributed by atoms with van der Waals surface area (Å²) in [4.78, 5) is 4.60. The molecule has 0 aromatic heterocycles. The van der Waals surface area contributed by atoms with Crippen LogP contribution in [0.3, 0.4) is 0 Å². The second-order valence-electron chi connectivity index (χ2n) is 6.00. The van der Waals surface area contributed by atoms with Crippen LogP contribution in [-0.4, -0.2) is 43.7 Å². The standard InChI is InChI=1S/C16H26FN3O/c1-5-12-10-20(7-6-19(12)4)15-9-16(21-11(2)3)13(17)8-14(15)18/h8-9,11-12H,5-7,10,18H2,1-4H3. The van der Waals surface area contributed by atoms with E-state index in [9.17, 15) is 4.39 Å². The largest absolute Gasteiger partial charge is 0.488 e. The fourth-order valence-electron chi connectivity index (χ4n) is 2.78. The molecule has 0 amide bonds. The Morgan fingerprint density at radius 1 is 1.38 bits per heavy atom. The monoisotopic (exact) mass is 295 g/mol. The molecule has 0 spiro atoms. The Morgan fingerprint density at radius 3 is 2.71 bits per heavy atom. The van der Waals surface area contributed by atoms with Crippen LogP contribution in [0.2, 0.25) is 0 Å². The smallest absolute Gasteiger partial charge is 0.167 e. The topological polar surface area (TPSA) is 41.7 Å². The molecular weight excluding hydrogens is 269 g/mol. The summed E-state index contributed by atoms with van der Waals surface area (Å²) in [5, 5.41) is 0. The number of rotatable bonds is 4. The van der Waals surface area contributed by atoms with Crippen molar-refractivity contribution in [3.63, 3.8) is 0 Å². The zero-order chi connectivity index (χ0) is 15.6. The minimum Gasteiger partial charge on any atom is -0.488 e. The Labute approximate surface area is 126 Å². The summed E-state index contributed by atoms with van der Waals surface area (Å²) in [5.41, 5.74) is 7.37. The van der Waals surface area contributed by atoms with Gasteiger partial charge in [0.1, 0.15) is 0 Å². The van der Waals surface area contributed by atoms with Crippen LogP contribution in [0.1, 0.15) is 27.2 Å². The summed E-state index contributed by atoms with van der Waals surface area (Å²) in [5.74, 6) is -0.118. The number of likely N-dealkylation sites (N-methyl/N-ethyl adjacent to an activating group) is 1. The molecule has 2 N–H and O–H groups in total. The maximum Gasteiger partial charge on any atom is 0.167 e. The molecule has 4 nitrogen and oxygen atoms in total. The first-order valence-electron chi connectivity index (χ1n) is 7.63. The first-order valence-corrected chi connectivity index (χ1v) is 7.63. The Morgan fingerprint density at radius 2 is 2.10 bits per heavy atom. The predicted octanol–water partition coefficient (Wildman–Crippen LogP) is 2.73. The first kappa shape index (κ1) is 15.9. The van der Waals surface area contributed by atoms with E-state index in [1.807, 2.05) is 13.8 Å². The van der Waals surface area contributed by atoms with Gasteiger partial charge in [0, 0.05) is 37.8 Å². The molecule has 1 aromatic carbocycles. The molecule has 21 heavy (non-hydrogen) atoms. The fourth-order valence-corrected chi connectivity index (χ4v) is 2.78. The van der Waals surface area contributed by atoms with Gasteiger partial charge in [0.2, 0.25) is 0 Å². The molecule has 1 heterocycles. The molecule has 1 aliphatic heterocycles. The number of ether oxygens (including phenoxy) is 1. The van der Waals surface area contributed by atoms with Crippen molar-refractivity contribution < 1.29 is 9.13 Å². The van der Waals surface area contributed by atoms with E-state index in [0.29, 0.717) is 11.7 Å². The second-order valence-corrected chi connectivity index (χ2v) is 6.00. The van der Waals surface area contributed by atoms with Gasteiger partial charge in [-0.15, -0.1) is 0 Å². The van der Waals surface area contributed by atoms with Crippen molar-refractivity contribution in [2.45, 2.75) is 39.3 Å². The molecule has 0 bridgehead atoms. The lowest BCUT2D eigenvalue weighted by Gasteiger charge is -2.40. The number of hydrogen-bond acceptors (Lipinski definition) is 4. The lowest BCUT2D eigenvalue weighted by atomic mass is 10.1. The summed E-state index contributed by atoms with van der Waals surface area (Å²) in [6, 6.07) is 3.60. The van der Waals surface area contributed by atoms with Crippen LogP contribution in [0.5, 0.6) is 5.75 Å². The highest BCUT2D eigenvalue weighted by atomic mass is 19.1. The zero-order valence-electron chi connectivity index (χ0n) is 13.4. The quantitative estimate of drug-likeness (QED) is 0.867. The number of nitrogens with zero attached hydrogens (tertiary/aromatic N) is 2. The SMILES string of the molecule is CCC1CN(c2cc(OC(C)C)c(F)cc2N)CCN1C. The van der Waals surface area contributed by atoms with E-state index in [0.717, 1.165) is 31.7 Å². The van der Waals surface area contributed by atoms with E-state index in [4.69, 9.17) is 10.5 Å². The molecule has 0 aliphatic carbocycles. The number of piperazine rings is 1. The summed E-state index contributed by atoms with van der Waals surface area (Å²) in [6.45, 7) is 8.74. The number of nitrogens with two attached hydrogens (primary N) is 1. The van der Waals surface area contributed by atoms with E-state index in [1.54, 1.807) is 6.07 Å². The Bertz CT molecular complexity index is 493. The van der Waals surface area contributed by atoms with Crippen molar-refractivity contribution in [1.82, 2.24) is 4.90 Å². The Kier molecular flexibility index (Phi) is 4.93. The average Bonchev–Trinajstić information content (AvgIpc) is 2.42. The van der Waals surface area contributed by atoms with Crippen LogP contribution in [0.25, 0.3) is 0 Å². The Balaban J connectivity index is 2.26. The maximum absolute atomic E-state index is 13.9. The highest BCUT2D eigenvalue weighted by Gasteiger charge is 2.25. The van der Waals surface area contributed by atoms with E-state index in [2.05, 4.69) is 23.8 Å². The number of halogens is 1. The van der Waals surface area contributed by atoms with Gasteiger partial charge >= 0.3 is 0 Å².